The molecule has 0 heterocycles. The summed E-state index contributed by atoms with van der Waals surface area (Å²) in [6, 6.07) is 12.9. The number of hydrogen-bond donors (Lipinski definition) is 1. The fourth-order valence-corrected chi connectivity index (χ4v) is 2.77. The van der Waals surface area contributed by atoms with Gasteiger partial charge >= 0.3 is 0 Å². The van der Waals surface area contributed by atoms with Crippen molar-refractivity contribution in [2.45, 2.75) is 24.0 Å². The Morgan fingerprint density at radius 2 is 1.73 bits per heavy atom. The van der Waals surface area contributed by atoms with Gasteiger partial charge in [-0.15, -0.1) is 11.8 Å². The Labute approximate surface area is 132 Å². The van der Waals surface area contributed by atoms with Crippen molar-refractivity contribution in [2.75, 3.05) is 5.32 Å². The minimum atomic E-state index is -0.370. The molecule has 2 rings (SSSR count). The van der Waals surface area contributed by atoms with Gasteiger partial charge in [0, 0.05) is 10.5 Å². The van der Waals surface area contributed by atoms with Gasteiger partial charge in [0.25, 0.3) is 0 Å². The molecule has 1 amide bonds. The second-order valence-corrected chi connectivity index (χ2v) is 6.22. The molecule has 0 bridgehead atoms. The molecular formula is C17H16FNO2S. The van der Waals surface area contributed by atoms with Gasteiger partial charge in [-0.1, -0.05) is 12.1 Å². The summed E-state index contributed by atoms with van der Waals surface area (Å²) in [7, 11) is 0. The Bertz CT molecular complexity index is 685. The molecule has 3 nitrogen and oxygen atoms in total. The van der Waals surface area contributed by atoms with Crippen LogP contribution >= 0.6 is 11.8 Å². The molecule has 5 heteroatoms. The molecule has 2 aromatic carbocycles. The van der Waals surface area contributed by atoms with E-state index in [0.29, 0.717) is 11.3 Å². The highest BCUT2D eigenvalue weighted by molar-refractivity contribution is 8.00. The summed E-state index contributed by atoms with van der Waals surface area (Å²) in [6.07, 6.45) is 0. The largest absolute Gasteiger partial charge is 0.324 e. The van der Waals surface area contributed by atoms with E-state index in [1.54, 1.807) is 43.3 Å². The zero-order valence-corrected chi connectivity index (χ0v) is 13.1. The van der Waals surface area contributed by atoms with Crippen molar-refractivity contribution in [1.29, 1.82) is 0 Å². The van der Waals surface area contributed by atoms with E-state index < -0.39 is 0 Å². The van der Waals surface area contributed by atoms with Gasteiger partial charge in [0.1, 0.15) is 5.82 Å². The predicted octanol–water partition coefficient (Wildman–Crippen LogP) is 4.15. The summed E-state index contributed by atoms with van der Waals surface area (Å²) in [5.74, 6) is -0.616. The lowest BCUT2D eigenvalue weighted by molar-refractivity contribution is -0.115. The minimum Gasteiger partial charge on any atom is -0.324 e. The van der Waals surface area contributed by atoms with Gasteiger partial charge in [0.15, 0.2) is 5.78 Å². The van der Waals surface area contributed by atoms with Crippen molar-refractivity contribution in [3.63, 3.8) is 0 Å². The first kappa shape index (κ1) is 16.2. The van der Waals surface area contributed by atoms with Crippen molar-refractivity contribution < 1.29 is 14.0 Å². The number of thioether (sulfide) groups is 1. The molecule has 2 aromatic rings. The zero-order chi connectivity index (χ0) is 16.1. The van der Waals surface area contributed by atoms with Crippen LogP contribution in [0, 0.1) is 5.82 Å². The number of amides is 1. The number of carbonyl (C=O) groups is 2. The molecule has 0 aromatic heterocycles. The second kappa shape index (κ2) is 7.22. The Morgan fingerprint density at radius 1 is 1.09 bits per heavy atom. The van der Waals surface area contributed by atoms with Crippen LogP contribution in [0.25, 0.3) is 0 Å². The van der Waals surface area contributed by atoms with Crippen LogP contribution in [-0.2, 0) is 4.79 Å². The number of para-hydroxylation sites is 1. The van der Waals surface area contributed by atoms with E-state index in [1.807, 2.05) is 0 Å². The van der Waals surface area contributed by atoms with Crippen molar-refractivity contribution in [2.24, 2.45) is 0 Å². The van der Waals surface area contributed by atoms with Gasteiger partial charge in [0.2, 0.25) is 5.91 Å². The maximum atomic E-state index is 12.9. The van der Waals surface area contributed by atoms with Crippen LogP contribution < -0.4 is 5.32 Å². The predicted molar refractivity (Wildman–Crippen MR) is 86.8 cm³/mol. The lowest BCUT2D eigenvalue weighted by atomic mass is 10.1. The molecule has 0 aliphatic rings. The number of halogens is 1. The number of hydrogen-bond acceptors (Lipinski definition) is 3. The van der Waals surface area contributed by atoms with Gasteiger partial charge in [-0.05, 0) is 50.2 Å². The molecule has 0 spiro atoms. The standard InChI is InChI=1S/C17H16FNO2S/c1-11(20)15-5-3-4-6-16(15)19-17(21)12(2)22-14-9-7-13(18)8-10-14/h3-10,12H,1-2H3,(H,19,21)/t12-/m0/s1. The fourth-order valence-electron chi connectivity index (χ4n) is 1.90. The second-order valence-electron chi connectivity index (χ2n) is 4.81. The van der Waals surface area contributed by atoms with Gasteiger partial charge < -0.3 is 5.32 Å². The molecule has 0 aliphatic carbocycles. The normalized spacial score (nSPS) is 11.8. The summed E-state index contributed by atoms with van der Waals surface area (Å²) in [6.45, 7) is 3.22. The van der Waals surface area contributed by atoms with Crippen LogP contribution in [0.4, 0.5) is 10.1 Å². The first-order valence-electron chi connectivity index (χ1n) is 6.80. The molecule has 0 unspecified atom stereocenters. The third-order valence-electron chi connectivity index (χ3n) is 3.06. The third-order valence-corrected chi connectivity index (χ3v) is 4.17. The smallest absolute Gasteiger partial charge is 0.237 e. The SMILES string of the molecule is CC(=O)c1ccccc1NC(=O)[C@H](C)Sc1ccc(F)cc1. The van der Waals surface area contributed by atoms with Crippen LogP contribution in [0.2, 0.25) is 0 Å². The highest BCUT2D eigenvalue weighted by Crippen LogP contribution is 2.25. The number of rotatable bonds is 5. The number of ketones is 1. The molecule has 0 aliphatic heterocycles. The Balaban J connectivity index is 2.05. The van der Waals surface area contributed by atoms with E-state index in [1.165, 1.54) is 30.8 Å². The highest BCUT2D eigenvalue weighted by atomic mass is 32.2. The van der Waals surface area contributed by atoms with Crippen molar-refractivity contribution in [1.82, 2.24) is 0 Å². The van der Waals surface area contributed by atoms with Crippen LogP contribution in [-0.4, -0.2) is 16.9 Å². The minimum absolute atomic E-state index is 0.102. The molecule has 0 radical (unpaired) electrons. The van der Waals surface area contributed by atoms with E-state index >= 15 is 0 Å². The van der Waals surface area contributed by atoms with Gasteiger partial charge in [-0.25, -0.2) is 4.39 Å². The van der Waals surface area contributed by atoms with E-state index in [9.17, 15) is 14.0 Å². The number of nitrogens with one attached hydrogen (secondary N) is 1. The van der Waals surface area contributed by atoms with Gasteiger partial charge in [-0.2, -0.15) is 0 Å². The molecule has 0 saturated carbocycles. The van der Waals surface area contributed by atoms with Crippen LogP contribution in [0.15, 0.2) is 53.4 Å². The quantitative estimate of drug-likeness (QED) is 0.665. The zero-order valence-electron chi connectivity index (χ0n) is 12.3. The summed E-state index contributed by atoms with van der Waals surface area (Å²) < 4.78 is 12.9. The molecule has 1 N–H and O–H groups in total. The molecular weight excluding hydrogens is 301 g/mol. The van der Waals surface area contributed by atoms with Crippen LogP contribution in [0.1, 0.15) is 24.2 Å². The van der Waals surface area contributed by atoms with E-state index in [0.717, 1.165) is 4.90 Å². The topological polar surface area (TPSA) is 46.2 Å². The molecule has 1 atom stereocenters. The van der Waals surface area contributed by atoms with E-state index in [-0.39, 0.29) is 22.8 Å². The fraction of sp³-hybridized carbons (Fsp3) is 0.176. The van der Waals surface area contributed by atoms with E-state index in [4.69, 9.17) is 0 Å². The Kier molecular flexibility index (Phi) is 5.33. The number of Topliss-reactive ketones (excluding diaryl/α,β-unsaturated/α-hetero) is 1. The molecule has 0 saturated heterocycles. The van der Waals surface area contributed by atoms with Crippen molar-refractivity contribution in [3.05, 3.63) is 59.9 Å². The number of benzene rings is 2. The van der Waals surface area contributed by atoms with Gasteiger partial charge in [-0.3, -0.25) is 9.59 Å². The van der Waals surface area contributed by atoms with Crippen LogP contribution in [0.3, 0.4) is 0 Å². The number of anilines is 1. The molecule has 22 heavy (non-hydrogen) atoms. The summed E-state index contributed by atoms with van der Waals surface area (Å²) in [5, 5.41) is 2.40. The molecule has 114 valence electrons. The third kappa shape index (κ3) is 4.18. The lowest BCUT2D eigenvalue weighted by Crippen LogP contribution is -2.23. The average Bonchev–Trinajstić information content (AvgIpc) is 2.49. The maximum absolute atomic E-state index is 12.9. The summed E-state index contributed by atoms with van der Waals surface area (Å²) >= 11 is 1.33. The monoisotopic (exact) mass is 317 g/mol. The summed E-state index contributed by atoms with van der Waals surface area (Å²) in [5.41, 5.74) is 0.987. The van der Waals surface area contributed by atoms with Gasteiger partial charge in [0.05, 0.1) is 10.9 Å². The average molecular weight is 317 g/mol. The van der Waals surface area contributed by atoms with Crippen molar-refractivity contribution in [3.8, 4) is 0 Å². The van der Waals surface area contributed by atoms with Crippen molar-refractivity contribution >= 4 is 29.1 Å². The summed E-state index contributed by atoms with van der Waals surface area (Å²) in [4.78, 5) is 24.6. The maximum Gasteiger partial charge on any atom is 0.237 e. The first-order chi connectivity index (χ1) is 10.5. The lowest BCUT2D eigenvalue weighted by Gasteiger charge is -2.13. The first-order valence-corrected chi connectivity index (χ1v) is 7.68. The highest BCUT2D eigenvalue weighted by Gasteiger charge is 2.16. The number of carbonyl (C=O) groups excluding carboxylic acids is 2. The van der Waals surface area contributed by atoms with E-state index in [2.05, 4.69) is 5.32 Å². The van der Waals surface area contributed by atoms with Crippen LogP contribution in [0.5, 0.6) is 0 Å². The Morgan fingerprint density at radius 3 is 2.36 bits per heavy atom. The Hall–Kier alpha value is -2.14. The molecule has 0 fully saturated rings.